The van der Waals surface area contributed by atoms with Crippen LogP contribution in [0.2, 0.25) is 5.02 Å². The van der Waals surface area contributed by atoms with Gasteiger partial charge in [-0.25, -0.2) is 0 Å². The highest BCUT2D eigenvalue weighted by molar-refractivity contribution is 6.32. The van der Waals surface area contributed by atoms with E-state index >= 15 is 0 Å². The molecule has 1 atom stereocenters. The topological polar surface area (TPSA) is 67.2 Å². The third-order valence-electron chi connectivity index (χ3n) is 2.51. The molecule has 1 unspecified atom stereocenters. The van der Waals surface area contributed by atoms with E-state index < -0.39 is 11.7 Å². The second-order valence-electron chi connectivity index (χ2n) is 4.15. The largest absolute Gasteiger partial charge is 0.392 e. The summed E-state index contributed by atoms with van der Waals surface area (Å²) in [4.78, 5) is 12.1. The molecule has 0 spiro atoms. The van der Waals surface area contributed by atoms with Crippen LogP contribution in [-0.4, -0.2) is 27.5 Å². The van der Waals surface area contributed by atoms with E-state index in [2.05, 4.69) is 10.4 Å². The molecule has 0 radical (unpaired) electrons. The first kappa shape index (κ1) is 13.6. The number of nitrogens with one attached hydrogen (secondary N) is 1. The van der Waals surface area contributed by atoms with E-state index in [1.807, 2.05) is 18.2 Å². The summed E-state index contributed by atoms with van der Waals surface area (Å²) in [6.45, 7) is 1.94. The Morgan fingerprint density at radius 3 is 2.74 bits per heavy atom. The van der Waals surface area contributed by atoms with Gasteiger partial charge in [0.05, 0.1) is 23.7 Å². The molecule has 1 aromatic carbocycles. The number of halogens is 1. The Balaban J connectivity index is 2.36. The number of anilines is 1. The summed E-state index contributed by atoms with van der Waals surface area (Å²) in [5, 5.41) is 16.2. The standard InChI is InChI=1S/C13H14ClN3O2/c1-9(18)7-15-11-8-16-17(13(19)12(11)14)10-5-3-2-4-6-10/h2-6,8-9,15,18H,7H2,1H3. The Labute approximate surface area is 115 Å². The van der Waals surface area contributed by atoms with Crippen molar-refractivity contribution >= 4 is 17.3 Å². The van der Waals surface area contributed by atoms with E-state index in [1.54, 1.807) is 19.1 Å². The van der Waals surface area contributed by atoms with Gasteiger partial charge in [0.2, 0.25) is 0 Å². The number of nitrogens with zero attached hydrogens (tertiary/aromatic N) is 2. The van der Waals surface area contributed by atoms with Crippen LogP contribution in [0.4, 0.5) is 5.69 Å². The molecular weight excluding hydrogens is 266 g/mol. The molecule has 2 N–H and O–H groups in total. The molecular formula is C13H14ClN3O2. The van der Waals surface area contributed by atoms with Gasteiger partial charge in [0, 0.05) is 6.54 Å². The lowest BCUT2D eigenvalue weighted by Gasteiger charge is -2.11. The minimum Gasteiger partial charge on any atom is -0.392 e. The van der Waals surface area contributed by atoms with Crippen molar-refractivity contribution in [1.29, 1.82) is 0 Å². The van der Waals surface area contributed by atoms with Gasteiger partial charge in [0.1, 0.15) is 5.02 Å². The number of hydrogen-bond donors (Lipinski definition) is 2. The molecule has 1 aromatic heterocycles. The van der Waals surface area contributed by atoms with Crippen molar-refractivity contribution in [3.8, 4) is 5.69 Å². The van der Waals surface area contributed by atoms with Gasteiger partial charge in [-0.2, -0.15) is 9.78 Å². The Bertz CT molecular complexity index is 611. The summed E-state index contributed by atoms with van der Waals surface area (Å²) >= 11 is 6.01. The fourth-order valence-electron chi connectivity index (χ4n) is 1.57. The van der Waals surface area contributed by atoms with Crippen molar-refractivity contribution < 1.29 is 5.11 Å². The van der Waals surface area contributed by atoms with E-state index in [9.17, 15) is 9.90 Å². The normalized spacial score (nSPS) is 12.2. The molecule has 0 amide bonds. The first-order chi connectivity index (χ1) is 9.09. The predicted molar refractivity (Wildman–Crippen MR) is 75.0 cm³/mol. The van der Waals surface area contributed by atoms with Crippen LogP contribution in [0.25, 0.3) is 5.69 Å². The van der Waals surface area contributed by atoms with Crippen LogP contribution >= 0.6 is 11.6 Å². The number of aliphatic hydroxyl groups excluding tert-OH is 1. The van der Waals surface area contributed by atoms with E-state index in [4.69, 9.17) is 11.6 Å². The summed E-state index contributed by atoms with van der Waals surface area (Å²) in [5.41, 5.74) is 0.666. The van der Waals surface area contributed by atoms with Crippen LogP contribution in [0.15, 0.2) is 41.3 Å². The minimum atomic E-state index is -0.535. The van der Waals surface area contributed by atoms with Gasteiger partial charge in [-0.3, -0.25) is 4.79 Å². The summed E-state index contributed by atoms with van der Waals surface area (Å²) < 4.78 is 1.23. The molecule has 0 saturated carbocycles. The van der Waals surface area contributed by atoms with Gasteiger partial charge in [0.15, 0.2) is 0 Å². The fourth-order valence-corrected chi connectivity index (χ4v) is 1.76. The SMILES string of the molecule is CC(O)CNc1cnn(-c2ccccc2)c(=O)c1Cl. The first-order valence-electron chi connectivity index (χ1n) is 5.85. The highest BCUT2D eigenvalue weighted by Crippen LogP contribution is 2.16. The maximum absolute atomic E-state index is 12.1. The van der Waals surface area contributed by atoms with Gasteiger partial charge < -0.3 is 10.4 Å². The molecule has 6 heteroatoms. The van der Waals surface area contributed by atoms with Gasteiger partial charge in [0.25, 0.3) is 5.56 Å². The van der Waals surface area contributed by atoms with Gasteiger partial charge >= 0.3 is 0 Å². The maximum atomic E-state index is 12.1. The molecule has 100 valence electrons. The number of aromatic nitrogens is 2. The Kier molecular flexibility index (Phi) is 4.19. The summed E-state index contributed by atoms with van der Waals surface area (Å²) in [6, 6.07) is 9.03. The Hall–Kier alpha value is -1.85. The van der Waals surface area contributed by atoms with E-state index in [1.165, 1.54) is 10.9 Å². The lowest BCUT2D eigenvalue weighted by Crippen LogP contribution is -2.24. The van der Waals surface area contributed by atoms with Crippen molar-refractivity contribution in [3.05, 3.63) is 51.9 Å². The summed E-state index contributed by atoms with van der Waals surface area (Å²) in [7, 11) is 0. The average Bonchev–Trinajstić information content (AvgIpc) is 2.41. The highest BCUT2D eigenvalue weighted by atomic mass is 35.5. The quantitative estimate of drug-likeness (QED) is 0.894. The van der Waals surface area contributed by atoms with Gasteiger partial charge in [-0.05, 0) is 19.1 Å². The second kappa shape index (κ2) is 5.86. The molecule has 0 aliphatic heterocycles. The molecule has 2 aromatic rings. The number of hydrogen-bond acceptors (Lipinski definition) is 4. The maximum Gasteiger partial charge on any atom is 0.292 e. The van der Waals surface area contributed by atoms with Gasteiger partial charge in [-0.1, -0.05) is 29.8 Å². The fraction of sp³-hybridized carbons (Fsp3) is 0.231. The monoisotopic (exact) mass is 279 g/mol. The lowest BCUT2D eigenvalue weighted by atomic mass is 10.3. The number of rotatable bonds is 4. The number of aliphatic hydroxyl groups is 1. The Morgan fingerprint density at radius 2 is 2.11 bits per heavy atom. The summed E-state index contributed by atoms with van der Waals surface area (Å²) in [6.07, 6.45) is 0.937. The minimum absolute atomic E-state index is 0.0551. The average molecular weight is 280 g/mol. The first-order valence-corrected chi connectivity index (χ1v) is 6.22. The molecule has 0 aliphatic carbocycles. The van der Waals surface area contributed by atoms with E-state index in [0.29, 0.717) is 17.9 Å². The molecule has 19 heavy (non-hydrogen) atoms. The summed E-state index contributed by atoms with van der Waals surface area (Å²) in [5.74, 6) is 0. The third-order valence-corrected chi connectivity index (χ3v) is 2.87. The second-order valence-corrected chi connectivity index (χ2v) is 4.53. The van der Waals surface area contributed by atoms with Crippen LogP contribution in [0.5, 0.6) is 0 Å². The van der Waals surface area contributed by atoms with Crippen molar-refractivity contribution in [1.82, 2.24) is 9.78 Å². The molecule has 0 aliphatic rings. The van der Waals surface area contributed by atoms with Crippen molar-refractivity contribution in [2.45, 2.75) is 13.0 Å². The molecule has 5 nitrogen and oxygen atoms in total. The third kappa shape index (κ3) is 3.13. The lowest BCUT2D eigenvalue weighted by molar-refractivity contribution is 0.208. The molecule has 0 bridgehead atoms. The van der Waals surface area contributed by atoms with Crippen LogP contribution in [0.1, 0.15) is 6.92 Å². The van der Waals surface area contributed by atoms with Crippen molar-refractivity contribution in [2.75, 3.05) is 11.9 Å². The highest BCUT2D eigenvalue weighted by Gasteiger charge is 2.10. The molecule has 0 saturated heterocycles. The van der Waals surface area contributed by atoms with Crippen LogP contribution in [0, 0.1) is 0 Å². The zero-order valence-corrected chi connectivity index (χ0v) is 11.1. The van der Waals surface area contributed by atoms with Gasteiger partial charge in [-0.15, -0.1) is 0 Å². The smallest absolute Gasteiger partial charge is 0.292 e. The number of para-hydroxylation sites is 1. The zero-order chi connectivity index (χ0) is 13.8. The zero-order valence-electron chi connectivity index (χ0n) is 10.4. The van der Waals surface area contributed by atoms with Crippen molar-refractivity contribution in [2.24, 2.45) is 0 Å². The molecule has 2 rings (SSSR count). The van der Waals surface area contributed by atoms with Crippen LogP contribution in [0.3, 0.4) is 0 Å². The Morgan fingerprint density at radius 1 is 1.42 bits per heavy atom. The number of benzene rings is 1. The van der Waals surface area contributed by atoms with Crippen molar-refractivity contribution in [3.63, 3.8) is 0 Å². The molecule has 1 heterocycles. The predicted octanol–water partition coefficient (Wildman–Crippen LogP) is 1.68. The van der Waals surface area contributed by atoms with Crippen LogP contribution < -0.4 is 10.9 Å². The molecule has 0 fully saturated rings. The van der Waals surface area contributed by atoms with E-state index in [-0.39, 0.29) is 5.02 Å². The van der Waals surface area contributed by atoms with Crippen LogP contribution in [-0.2, 0) is 0 Å². The van der Waals surface area contributed by atoms with E-state index in [0.717, 1.165) is 0 Å².